The van der Waals surface area contributed by atoms with Crippen LogP contribution in [0.5, 0.6) is 0 Å². The average Bonchev–Trinajstić information content (AvgIpc) is 3.06. The van der Waals surface area contributed by atoms with Crippen molar-refractivity contribution < 1.29 is 18.0 Å². The Morgan fingerprint density at radius 3 is 2.34 bits per heavy atom. The second-order valence-corrected chi connectivity index (χ2v) is 9.16. The number of alkyl halides is 3. The maximum absolute atomic E-state index is 13.9. The van der Waals surface area contributed by atoms with E-state index in [0.29, 0.717) is 10.2 Å². The molecule has 0 radical (unpaired) electrons. The van der Waals surface area contributed by atoms with Crippen molar-refractivity contribution in [1.29, 1.82) is 0 Å². The standard InChI is InChI=1S/C20H13BrCl3F3N4O/c21-10-6-4-9(5-7-10)13-8-14(20(25,26)27)31-18(28-13)15(24)17(30-31)19(32)29-16-11(22)2-1-3-12(16)23/h1-7,13-14,28H,8H2,(H,29,32)/t13-,14-/m0/s1. The first-order valence-corrected chi connectivity index (χ1v) is 11.1. The van der Waals surface area contributed by atoms with Crippen molar-refractivity contribution in [2.24, 2.45) is 0 Å². The highest BCUT2D eigenvalue weighted by Gasteiger charge is 2.47. The first-order chi connectivity index (χ1) is 15.1. The zero-order chi connectivity index (χ0) is 23.2. The minimum absolute atomic E-state index is 0.0939. The van der Waals surface area contributed by atoms with Gasteiger partial charge in [0, 0.05) is 10.9 Å². The molecule has 2 aromatic carbocycles. The van der Waals surface area contributed by atoms with E-state index in [0.717, 1.165) is 4.47 Å². The predicted molar refractivity (Wildman–Crippen MR) is 122 cm³/mol. The van der Waals surface area contributed by atoms with Crippen LogP contribution in [0, 0.1) is 0 Å². The number of nitrogens with one attached hydrogen (secondary N) is 2. The Bertz CT molecular complexity index is 1160. The lowest BCUT2D eigenvalue weighted by Crippen LogP contribution is -2.35. The lowest BCUT2D eigenvalue weighted by atomic mass is 9.97. The summed E-state index contributed by atoms with van der Waals surface area (Å²) in [4.78, 5) is 12.8. The largest absolute Gasteiger partial charge is 0.410 e. The second-order valence-electron chi connectivity index (χ2n) is 7.05. The van der Waals surface area contributed by atoms with E-state index in [9.17, 15) is 18.0 Å². The molecule has 32 heavy (non-hydrogen) atoms. The van der Waals surface area contributed by atoms with Gasteiger partial charge in [0.25, 0.3) is 5.91 Å². The van der Waals surface area contributed by atoms with E-state index < -0.39 is 24.2 Å². The number of nitrogens with zero attached hydrogens (tertiary/aromatic N) is 2. The minimum Gasteiger partial charge on any atom is -0.362 e. The third-order valence-electron chi connectivity index (χ3n) is 4.98. The van der Waals surface area contributed by atoms with Gasteiger partial charge in [0.2, 0.25) is 0 Å². The molecular formula is C20H13BrCl3F3N4O. The molecule has 2 atom stereocenters. The number of anilines is 2. The minimum atomic E-state index is -4.61. The topological polar surface area (TPSA) is 59.0 Å². The van der Waals surface area contributed by atoms with Crippen molar-refractivity contribution >= 4 is 68.1 Å². The fraction of sp³-hybridized carbons (Fsp3) is 0.200. The van der Waals surface area contributed by atoms with Gasteiger partial charge in [-0.3, -0.25) is 4.79 Å². The average molecular weight is 569 g/mol. The van der Waals surface area contributed by atoms with Crippen molar-refractivity contribution in [2.75, 3.05) is 10.6 Å². The highest BCUT2D eigenvalue weighted by molar-refractivity contribution is 9.10. The van der Waals surface area contributed by atoms with Gasteiger partial charge in [-0.05, 0) is 29.8 Å². The molecule has 0 aliphatic carbocycles. The van der Waals surface area contributed by atoms with E-state index in [4.69, 9.17) is 34.8 Å². The third kappa shape index (κ3) is 4.44. The first-order valence-electron chi connectivity index (χ1n) is 9.18. The Hall–Kier alpha value is -1.94. The summed E-state index contributed by atoms with van der Waals surface area (Å²) in [5.74, 6) is -0.932. The number of carbonyl (C=O) groups is 1. The quantitative estimate of drug-likeness (QED) is 0.344. The smallest absolute Gasteiger partial charge is 0.362 e. The van der Waals surface area contributed by atoms with Crippen LogP contribution in [0.2, 0.25) is 15.1 Å². The molecule has 0 unspecified atom stereocenters. The van der Waals surface area contributed by atoms with Crippen molar-refractivity contribution in [3.63, 3.8) is 0 Å². The Labute approximate surface area is 204 Å². The zero-order valence-corrected chi connectivity index (χ0v) is 19.7. The summed E-state index contributed by atoms with van der Waals surface area (Å²) in [5.41, 5.74) is 0.367. The number of hydrogen-bond acceptors (Lipinski definition) is 3. The van der Waals surface area contributed by atoms with Crippen molar-refractivity contribution in [3.8, 4) is 0 Å². The van der Waals surface area contributed by atoms with Crippen LogP contribution in [0.1, 0.15) is 34.6 Å². The summed E-state index contributed by atoms with van der Waals surface area (Å²) in [6, 6.07) is 8.83. The van der Waals surface area contributed by atoms with Gasteiger partial charge in [-0.15, -0.1) is 0 Å². The molecule has 0 saturated carbocycles. The Kier molecular flexibility index (Phi) is 6.37. The fourth-order valence-corrected chi connectivity index (χ4v) is 4.46. The Balaban J connectivity index is 1.72. The van der Waals surface area contributed by atoms with E-state index in [1.165, 1.54) is 12.1 Å². The van der Waals surface area contributed by atoms with Gasteiger partial charge >= 0.3 is 6.18 Å². The van der Waals surface area contributed by atoms with Gasteiger partial charge in [-0.25, -0.2) is 4.68 Å². The number of fused-ring (bicyclic) bond motifs is 1. The van der Waals surface area contributed by atoms with Gasteiger partial charge in [0.1, 0.15) is 10.8 Å². The molecule has 1 aliphatic heterocycles. The van der Waals surface area contributed by atoms with E-state index >= 15 is 0 Å². The molecule has 1 amide bonds. The Morgan fingerprint density at radius 1 is 1.12 bits per heavy atom. The highest BCUT2D eigenvalue weighted by atomic mass is 79.9. The predicted octanol–water partition coefficient (Wildman–Crippen LogP) is 7.52. The lowest BCUT2D eigenvalue weighted by molar-refractivity contribution is -0.173. The van der Waals surface area contributed by atoms with Crippen LogP contribution < -0.4 is 10.6 Å². The fourth-order valence-electron chi connectivity index (χ4n) is 3.44. The number of amides is 1. The second kappa shape index (κ2) is 8.78. The summed E-state index contributed by atoms with van der Waals surface area (Å²) < 4.78 is 43.2. The number of carbonyl (C=O) groups excluding carboxylic acids is 1. The molecular weight excluding hydrogens is 556 g/mol. The lowest BCUT2D eigenvalue weighted by Gasteiger charge is -2.33. The number of rotatable bonds is 3. The number of benzene rings is 2. The molecule has 0 fully saturated rings. The number of hydrogen-bond donors (Lipinski definition) is 2. The summed E-state index contributed by atoms with van der Waals surface area (Å²) in [5, 5.41) is 9.43. The van der Waals surface area contributed by atoms with Gasteiger partial charge in [0.15, 0.2) is 11.7 Å². The van der Waals surface area contributed by atoms with Crippen molar-refractivity contribution in [2.45, 2.75) is 24.7 Å². The van der Waals surface area contributed by atoms with Gasteiger partial charge in [-0.2, -0.15) is 18.3 Å². The molecule has 12 heteroatoms. The molecule has 168 valence electrons. The van der Waals surface area contributed by atoms with Crippen molar-refractivity contribution in [3.05, 3.63) is 73.3 Å². The Morgan fingerprint density at radius 2 is 1.75 bits per heavy atom. The van der Waals surface area contributed by atoms with Crippen LogP contribution in [-0.4, -0.2) is 21.9 Å². The number of para-hydroxylation sites is 1. The van der Waals surface area contributed by atoms with E-state index in [1.807, 2.05) is 0 Å². The van der Waals surface area contributed by atoms with Crippen LogP contribution in [0.15, 0.2) is 46.9 Å². The monoisotopic (exact) mass is 566 g/mol. The van der Waals surface area contributed by atoms with Gasteiger partial charge in [0.05, 0.1) is 21.8 Å². The SMILES string of the molecule is O=C(Nc1c(Cl)cccc1Cl)c1nn2c(c1Cl)N[C@H](c1ccc(Br)cc1)C[C@H]2C(F)(F)F. The van der Waals surface area contributed by atoms with Crippen LogP contribution in [0.25, 0.3) is 0 Å². The van der Waals surface area contributed by atoms with Crippen LogP contribution >= 0.6 is 50.7 Å². The molecule has 3 aromatic rings. The normalized spacial score (nSPS) is 18.1. The van der Waals surface area contributed by atoms with E-state index in [-0.39, 0.29) is 38.7 Å². The molecule has 0 saturated heterocycles. The highest BCUT2D eigenvalue weighted by Crippen LogP contribution is 2.46. The molecule has 2 N–H and O–H groups in total. The van der Waals surface area contributed by atoms with E-state index in [2.05, 4.69) is 31.7 Å². The molecule has 4 rings (SSSR count). The third-order valence-corrected chi connectivity index (χ3v) is 6.50. The maximum Gasteiger partial charge on any atom is 0.410 e. The summed E-state index contributed by atoms with van der Waals surface area (Å²) in [6.07, 6.45) is -4.94. The maximum atomic E-state index is 13.9. The van der Waals surface area contributed by atoms with Crippen LogP contribution in [0.4, 0.5) is 24.7 Å². The number of aromatic nitrogens is 2. The van der Waals surface area contributed by atoms with Crippen LogP contribution in [-0.2, 0) is 0 Å². The molecule has 1 aliphatic rings. The molecule has 2 heterocycles. The summed E-state index contributed by atoms with van der Waals surface area (Å²) in [6.45, 7) is 0. The zero-order valence-electron chi connectivity index (χ0n) is 15.9. The van der Waals surface area contributed by atoms with Crippen molar-refractivity contribution in [1.82, 2.24) is 9.78 Å². The summed E-state index contributed by atoms with van der Waals surface area (Å²) >= 11 is 21.8. The molecule has 1 aromatic heterocycles. The summed E-state index contributed by atoms with van der Waals surface area (Å²) in [7, 11) is 0. The molecule has 5 nitrogen and oxygen atoms in total. The van der Waals surface area contributed by atoms with Crippen LogP contribution in [0.3, 0.4) is 0 Å². The van der Waals surface area contributed by atoms with Gasteiger partial charge < -0.3 is 10.6 Å². The molecule has 0 bridgehead atoms. The number of halogens is 7. The first kappa shape index (κ1) is 23.2. The molecule has 0 spiro atoms. The van der Waals surface area contributed by atoms with E-state index in [1.54, 1.807) is 30.3 Å². The van der Waals surface area contributed by atoms with Gasteiger partial charge in [-0.1, -0.05) is 68.9 Å².